The third kappa shape index (κ3) is 3.38. The first-order valence-electron chi connectivity index (χ1n) is 7.88. The quantitative estimate of drug-likeness (QED) is 0.730. The number of aryl methyl sites for hydroxylation is 1. The maximum atomic E-state index is 9.65. The molecule has 0 spiro atoms. The Bertz CT molecular complexity index is 990. The van der Waals surface area contributed by atoms with E-state index in [0.717, 1.165) is 38.5 Å². The molecule has 128 valence electrons. The average Bonchev–Trinajstić information content (AvgIpc) is 3.15. The summed E-state index contributed by atoms with van der Waals surface area (Å²) >= 11 is 7.41. The SMILES string of the molecule is Cc1cc(Cc2nnc3sc(NC4C=CC(Cl)=CC4)nn23)ccc1O. The lowest BCUT2D eigenvalue weighted by molar-refractivity contribution is 0.471. The van der Waals surface area contributed by atoms with Crippen LogP contribution in [-0.4, -0.2) is 31.0 Å². The summed E-state index contributed by atoms with van der Waals surface area (Å²) in [5.41, 5.74) is 1.90. The highest BCUT2D eigenvalue weighted by Crippen LogP contribution is 2.24. The van der Waals surface area contributed by atoms with Crippen molar-refractivity contribution in [3.8, 4) is 5.75 Å². The number of benzene rings is 1. The van der Waals surface area contributed by atoms with Crippen molar-refractivity contribution in [3.63, 3.8) is 0 Å². The Morgan fingerprint density at radius 2 is 2.28 bits per heavy atom. The van der Waals surface area contributed by atoms with Crippen molar-refractivity contribution >= 4 is 33.0 Å². The number of anilines is 1. The van der Waals surface area contributed by atoms with Gasteiger partial charge >= 0.3 is 0 Å². The lowest BCUT2D eigenvalue weighted by Crippen LogP contribution is -2.17. The number of allylic oxidation sites excluding steroid dienone is 2. The fourth-order valence-electron chi connectivity index (χ4n) is 2.70. The van der Waals surface area contributed by atoms with Crippen LogP contribution in [0.3, 0.4) is 0 Å². The predicted octanol–water partition coefficient (Wildman–Crippen LogP) is 3.65. The number of rotatable bonds is 4. The number of aromatic hydroxyl groups is 1. The molecule has 3 aromatic rings. The molecule has 1 aliphatic carbocycles. The summed E-state index contributed by atoms with van der Waals surface area (Å²) in [5.74, 6) is 1.07. The molecule has 0 fully saturated rings. The van der Waals surface area contributed by atoms with Gasteiger partial charge in [0.15, 0.2) is 5.82 Å². The van der Waals surface area contributed by atoms with Gasteiger partial charge in [0, 0.05) is 11.5 Å². The van der Waals surface area contributed by atoms with E-state index in [0.29, 0.717) is 12.2 Å². The number of phenolic OH excluding ortho intramolecular Hbond substituents is 1. The van der Waals surface area contributed by atoms with Crippen LogP contribution in [0.15, 0.2) is 41.5 Å². The van der Waals surface area contributed by atoms with Crippen LogP contribution in [0, 0.1) is 6.92 Å². The minimum Gasteiger partial charge on any atom is -0.508 e. The van der Waals surface area contributed by atoms with E-state index in [9.17, 15) is 5.11 Å². The summed E-state index contributed by atoms with van der Waals surface area (Å²) in [4.78, 5) is 0.751. The van der Waals surface area contributed by atoms with Gasteiger partial charge in [-0.3, -0.25) is 0 Å². The molecule has 0 amide bonds. The molecule has 2 N–H and O–H groups in total. The molecule has 4 rings (SSSR count). The van der Waals surface area contributed by atoms with Crippen molar-refractivity contribution in [1.82, 2.24) is 19.8 Å². The zero-order chi connectivity index (χ0) is 17.4. The lowest BCUT2D eigenvalue weighted by Gasteiger charge is -2.14. The van der Waals surface area contributed by atoms with Gasteiger partial charge in [0.25, 0.3) is 0 Å². The van der Waals surface area contributed by atoms with Gasteiger partial charge in [0.05, 0.1) is 6.04 Å². The molecule has 25 heavy (non-hydrogen) atoms. The smallest absolute Gasteiger partial charge is 0.236 e. The van der Waals surface area contributed by atoms with Crippen molar-refractivity contribution in [2.24, 2.45) is 0 Å². The van der Waals surface area contributed by atoms with E-state index < -0.39 is 0 Å². The lowest BCUT2D eigenvalue weighted by atomic mass is 10.1. The number of halogens is 1. The van der Waals surface area contributed by atoms with E-state index in [-0.39, 0.29) is 6.04 Å². The Morgan fingerprint density at radius 1 is 1.40 bits per heavy atom. The molecule has 1 aliphatic rings. The van der Waals surface area contributed by atoms with Crippen molar-refractivity contribution in [3.05, 3.63) is 58.4 Å². The van der Waals surface area contributed by atoms with Crippen LogP contribution in [0.1, 0.15) is 23.4 Å². The number of aromatic nitrogens is 4. The minimum absolute atomic E-state index is 0.175. The van der Waals surface area contributed by atoms with E-state index in [1.165, 1.54) is 11.3 Å². The monoisotopic (exact) mass is 373 g/mol. The molecule has 1 atom stereocenters. The second-order valence-corrected chi connectivity index (χ2v) is 7.34. The van der Waals surface area contributed by atoms with Crippen LogP contribution >= 0.6 is 22.9 Å². The van der Waals surface area contributed by atoms with Gasteiger partial charge in [0.2, 0.25) is 10.1 Å². The number of nitrogens with one attached hydrogen (secondary N) is 1. The van der Waals surface area contributed by atoms with Gasteiger partial charge in [-0.25, -0.2) is 0 Å². The molecular weight excluding hydrogens is 358 g/mol. The van der Waals surface area contributed by atoms with Gasteiger partial charge in [0.1, 0.15) is 5.75 Å². The van der Waals surface area contributed by atoms with Gasteiger partial charge in [-0.1, -0.05) is 47.2 Å². The summed E-state index contributed by atoms with van der Waals surface area (Å²) in [5, 5.41) is 27.6. The molecule has 0 saturated carbocycles. The normalized spacial score (nSPS) is 17.0. The highest BCUT2D eigenvalue weighted by atomic mass is 35.5. The van der Waals surface area contributed by atoms with Crippen LogP contribution in [0.5, 0.6) is 5.75 Å². The van der Waals surface area contributed by atoms with Crippen LogP contribution in [-0.2, 0) is 6.42 Å². The predicted molar refractivity (Wildman–Crippen MR) is 99.4 cm³/mol. The molecule has 2 heterocycles. The summed E-state index contributed by atoms with van der Waals surface area (Å²) in [7, 11) is 0. The number of hydrogen-bond donors (Lipinski definition) is 2. The molecule has 0 radical (unpaired) electrons. The van der Waals surface area contributed by atoms with Crippen molar-refractivity contribution in [2.45, 2.75) is 25.8 Å². The maximum absolute atomic E-state index is 9.65. The topological polar surface area (TPSA) is 75.3 Å². The number of hydrogen-bond acceptors (Lipinski definition) is 6. The zero-order valence-electron chi connectivity index (χ0n) is 13.5. The van der Waals surface area contributed by atoms with E-state index in [1.807, 2.05) is 37.3 Å². The molecule has 1 unspecified atom stereocenters. The molecule has 1 aromatic carbocycles. The van der Waals surface area contributed by atoms with Crippen LogP contribution in [0.4, 0.5) is 5.13 Å². The van der Waals surface area contributed by atoms with E-state index in [1.54, 1.807) is 10.6 Å². The first-order valence-corrected chi connectivity index (χ1v) is 9.08. The van der Waals surface area contributed by atoms with E-state index in [4.69, 9.17) is 11.6 Å². The first kappa shape index (κ1) is 16.1. The molecule has 2 aromatic heterocycles. The Balaban J connectivity index is 1.54. The van der Waals surface area contributed by atoms with Crippen LogP contribution in [0.2, 0.25) is 0 Å². The summed E-state index contributed by atoms with van der Waals surface area (Å²) in [6, 6.07) is 5.71. The number of fused-ring (bicyclic) bond motifs is 1. The summed E-state index contributed by atoms with van der Waals surface area (Å²) in [6.07, 6.45) is 7.34. The molecule has 6 nitrogen and oxygen atoms in total. The molecule has 0 saturated heterocycles. The third-order valence-electron chi connectivity index (χ3n) is 4.04. The Kier molecular flexibility index (Phi) is 4.19. The summed E-state index contributed by atoms with van der Waals surface area (Å²) < 4.78 is 1.77. The molecule has 8 heteroatoms. The average molecular weight is 374 g/mol. The first-order chi connectivity index (χ1) is 12.1. The zero-order valence-corrected chi connectivity index (χ0v) is 15.1. The van der Waals surface area contributed by atoms with Crippen molar-refractivity contribution in [1.29, 1.82) is 0 Å². The van der Waals surface area contributed by atoms with Crippen molar-refractivity contribution < 1.29 is 5.11 Å². The fraction of sp³-hybridized carbons (Fsp3) is 0.235. The van der Waals surface area contributed by atoms with Gasteiger partial charge in [-0.2, -0.15) is 4.52 Å². The molecule has 0 aliphatic heterocycles. The van der Waals surface area contributed by atoms with Gasteiger partial charge in [-0.05, 0) is 36.6 Å². The summed E-state index contributed by atoms with van der Waals surface area (Å²) in [6.45, 7) is 1.88. The van der Waals surface area contributed by atoms with E-state index >= 15 is 0 Å². The maximum Gasteiger partial charge on any atom is 0.236 e. The van der Waals surface area contributed by atoms with Gasteiger partial charge < -0.3 is 10.4 Å². The van der Waals surface area contributed by atoms with Crippen molar-refractivity contribution in [2.75, 3.05) is 5.32 Å². The molecule has 0 bridgehead atoms. The van der Waals surface area contributed by atoms with Crippen LogP contribution < -0.4 is 5.32 Å². The minimum atomic E-state index is 0.175. The van der Waals surface area contributed by atoms with Crippen LogP contribution in [0.25, 0.3) is 4.96 Å². The highest BCUT2D eigenvalue weighted by molar-refractivity contribution is 7.20. The standard InChI is InChI=1S/C17H16ClN5OS/c1-10-8-11(2-7-14(10)24)9-15-20-21-17-23(15)22-16(25-17)19-13-5-3-12(18)4-6-13/h2-5,7-8,13,24H,6,9H2,1H3,(H,19,22). The third-order valence-corrected chi connectivity index (χ3v) is 5.15. The largest absolute Gasteiger partial charge is 0.508 e. The van der Waals surface area contributed by atoms with E-state index in [2.05, 4.69) is 20.6 Å². The Morgan fingerprint density at radius 3 is 3.04 bits per heavy atom. The second-order valence-electron chi connectivity index (χ2n) is 5.95. The fourth-order valence-corrected chi connectivity index (χ4v) is 3.68. The Labute approximate surface area is 153 Å². The van der Waals surface area contributed by atoms with Gasteiger partial charge in [-0.15, -0.1) is 15.3 Å². The number of phenols is 1. The Hall–Kier alpha value is -2.38. The highest BCUT2D eigenvalue weighted by Gasteiger charge is 2.15. The number of nitrogens with zero attached hydrogens (tertiary/aromatic N) is 4. The second kappa shape index (κ2) is 6.50. The molecular formula is C17H16ClN5OS.